The lowest BCUT2D eigenvalue weighted by Crippen LogP contribution is -2.47. The smallest absolute Gasteiger partial charge is 0.259 e. The molecule has 0 N–H and O–H groups in total. The predicted octanol–water partition coefficient (Wildman–Crippen LogP) is 4.76. The molecule has 0 spiro atoms. The molecular weight excluding hydrogens is 445 g/mol. The molecule has 1 aromatic carbocycles. The number of nitrogens with zero attached hydrogens (tertiary/aromatic N) is 5. The van der Waals surface area contributed by atoms with Crippen molar-refractivity contribution in [2.45, 2.75) is 38.1 Å². The highest BCUT2D eigenvalue weighted by molar-refractivity contribution is 6.39. The van der Waals surface area contributed by atoms with Gasteiger partial charge in [-0.05, 0) is 57.0 Å². The SMILES string of the molecule is Cn1c(=O)c(-c2c(Cl)cccc2Cl)cc2cnc(N3CCC(N4CCCCC4)CC3)nc21. The average molecular weight is 472 g/mol. The summed E-state index contributed by atoms with van der Waals surface area (Å²) in [6, 6.07) is 7.69. The van der Waals surface area contributed by atoms with Gasteiger partial charge in [0.15, 0.2) is 0 Å². The van der Waals surface area contributed by atoms with Crippen LogP contribution in [0.25, 0.3) is 22.2 Å². The number of anilines is 1. The molecule has 3 aromatic rings. The van der Waals surface area contributed by atoms with Gasteiger partial charge in [0.05, 0.1) is 15.6 Å². The van der Waals surface area contributed by atoms with E-state index < -0.39 is 0 Å². The Morgan fingerprint density at radius 2 is 1.69 bits per heavy atom. The topological polar surface area (TPSA) is 54.3 Å². The largest absolute Gasteiger partial charge is 0.341 e. The Morgan fingerprint density at radius 3 is 2.38 bits per heavy atom. The summed E-state index contributed by atoms with van der Waals surface area (Å²) in [6.07, 6.45) is 8.06. The lowest BCUT2D eigenvalue weighted by molar-refractivity contribution is 0.141. The molecule has 0 atom stereocenters. The van der Waals surface area contributed by atoms with Gasteiger partial charge >= 0.3 is 0 Å². The van der Waals surface area contributed by atoms with E-state index in [4.69, 9.17) is 28.2 Å². The first-order valence-corrected chi connectivity index (χ1v) is 12.1. The van der Waals surface area contributed by atoms with Crippen LogP contribution in [-0.2, 0) is 7.05 Å². The maximum absolute atomic E-state index is 13.2. The molecular formula is C24H27Cl2N5O. The highest BCUT2D eigenvalue weighted by atomic mass is 35.5. The van der Waals surface area contributed by atoms with E-state index in [9.17, 15) is 4.79 Å². The van der Waals surface area contributed by atoms with Crippen LogP contribution in [0.1, 0.15) is 32.1 Å². The van der Waals surface area contributed by atoms with Crippen LogP contribution in [0.15, 0.2) is 35.3 Å². The molecule has 2 fully saturated rings. The van der Waals surface area contributed by atoms with Gasteiger partial charge in [-0.2, -0.15) is 4.98 Å². The first kappa shape index (κ1) is 21.7. The standard InChI is InChI=1S/C24H27Cl2N5O/c1-29-22-16(14-18(23(29)32)21-19(25)6-5-7-20(21)26)15-27-24(28-22)31-12-8-17(9-13-31)30-10-3-2-4-11-30/h5-7,14-15,17H,2-4,8-13H2,1H3. The van der Waals surface area contributed by atoms with Crippen LogP contribution in [0.4, 0.5) is 5.95 Å². The molecule has 5 rings (SSSR count). The average Bonchev–Trinajstić information content (AvgIpc) is 2.82. The maximum Gasteiger partial charge on any atom is 0.259 e. The molecule has 2 aliphatic heterocycles. The molecule has 6 nitrogen and oxygen atoms in total. The van der Waals surface area contributed by atoms with Crippen molar-refractivity contribution in [1.82, 2.24) is 19.4 Å². The third-order valence-corrected chi connectivity index (χ3v) is 7.45. The van der Waals surface area contributed by atoms with Gasteiger partial charge in [0.1, 0.15) is 5.65 Å². The number of aryl methyl sites for hydroxylation is 1. The molecule has 2 aromatic heterocycles. The second-order valence-electron chi connectivity index (χ2n) is 8.78. The van der Waals surface area contributed by atoms with Gasteiger partial charge < -0.3 is 9.80 Å². The molecule has 4 heterocycles. The van der Waals surface area contributed by atoms with Crippen molar-refractivity contribution in [1.29, 1.82) is 0 Å². The van der Waals surface area contributed by atoms with Gasteiger partial charge in [-0.3, -0.25) is 9.36 Å². The number of likely N-dealkylation sites (tertiary alicyclic amines) is 1. The molecule has 0 bridgehead atoms. The fourth-order valence-corrected chi connectivity index (χ4v) is 5.64. The molecule has 168 valence electrons. The zero-order valence-corrected chi connectivity index (χ0v) is 19.7. The first-order valence-electron chi connectivity index (χ1n) is 11.3. The molecule has 8 heteroatoms. The van der Waals surface area contributed by atoms with Gasteiger partial charge in [-0.1, -0.05) is 35.7 Å². The summed E-state index contributed by atoms with van der Waals surface area (Å²) in [5, 5.41) is 1.68. The van der Waals surface area contributed by atoms with E-state index in [1.165, 1.54) is 32.4 Å². The summed E-state index contributed by atoms with van der Waals surface area (Å²) in [5.74, 6) is 0.688. The molecule has 0 saturated carbocycles. The second kappa shape index (κ2) is 9.00. The number of hydrogen-bond acceptors (Lipinski definition) is 5. The Labute approximate surface area is 197 Å². The van der Waals surface area contributed by atoms with Crippen molar-refractivity contribution in [3.8, 4) is 11.1 Å². The highest BCUT2D eigenvalue weighted by Gasteiger charge is 2.27. The summed E-state index contributed by atoms with van der Waals surface area (Å²) in [4.78, 5) is 27.5. The van der Waals surface area contributed by atoms with Gasteiger partial charge in [0.2, 0.25) is 5.95 Å². The Hall–Kier alpha value is -2.15. The van der Waals surface area contributed by atoms with Crippen LogP contribution in [0.2, 0.25) is 10.0 Å². The Bertz CT molecular complexity index is 1180. The third-order valence-electron chi connectivity index (χ3n) is 6.82. The minimum absolute atomic E-state index is 0.180. The fourth-order valence-electron chi connectivity index (χ4n) is 5.04. The van der Waals surface area contributed by atoms with Gasteiger partial charge in [-0.15, -0.1) is 0 Å². The summed E-state index contributed by atoms with van der Waals surface area (Å²) in [7, 11) is 1.73. The molecule has 32 heavy (non-hydrogen) atoms. The molecule has 2 saturated heterocycles. The number of hydrogen-bond donors (Lipinski definition) is 0. The van der Waals surface area contributed by atoms with Crippen molar-refractivity contribution in [3.63, 3.8) is 0 Å². The van der Waals surface area contributed by atoms with Crippen LogP contribution >= 0.6 is 23.2 Å². The van der Waals surface area contributed by atoms with Gasteiger partial charge in [0.25, 0.3) is 5.56 Å². The third kappa shape index (κ3) is 4.00. The Balaban J connectivity index is 1.43. The summed E-state index contributed by atoms with van der Waals surface area (Å²) < 4.78 is 1.57. The maximum atomic E-state index is 13.2. The van der Waals surface area contributed by atoms with Crippen LogP contribution in [-0.4, -0.2) is 51.7 Å². The minimum atomic E-state index is -0.180. The Morgan fingerprint density at radius 1 is 1.00 bits per heavy atom. The number of fused-ring (bicyclic) bond motifs is 1. The number of benzene rings is 1. The van der Waals surface area contributed by atoms with E-state index in [1.54, 1.807) is 42.1 Å². The van der Waals surface area contributed by atoms with Crippen LogP contribution in [0, 0.1) is 0 Å². The summed E-state index contributed by atoms with van der Waals surface area (Å²) in [6.45, 7) is 4.34. The molecule has 0 unspecified atom stereocenters. The van der Waals surface area contributed by atoms with Gasteiger partial charge in [-0.25, -0.2) is 4.98 Å². The number of rotatable bonds is 3. The van der Waals surface area contributed by atoms with E-state index in [0.29, 0.717) is 38.8 Å². The van der Waals surface area contributed by atoms with Gasteiger partial charge in [0, 0.05) is 43.3 Å². The van der Waals surface area contributed by atoms with Crippen LogP contribution < -0.4 is 10.5 Å². The molecule has 0 radical (unpaired) electrons. The van der Waals surface area contributed by atoms with E-state index in [2.05, 4.69) is 14.8 Å². The van der Waals surface area contributed by atoms with E-state index in [-0.39, 0.29) is 5.56 Å². The zero-order valence-electron chi connectivity index (χ0n) is 18.2. The zero-order chi connectivity index (χ0) is 22.2. The predicted molar refractivity (Wildman–Crippen MR) is 131 cm³/mol. The van der Waals surface area contributed by atoms with E-state index >= 15 is 0 Å². The Kier molecular flexibility index (Phi) is 6.10. The quantitative estimate of drug-likeness (QED) is 0.551. The second-order valence-corrected chi connectivity index (χ2v) is 9.60. The first-order chi connectivity index (χ1) is 15.5. The lowest BCUT2D eigenvalue weighted by Gasteiger charge is -2.40. The summed E-state index contributed by atoms with van der Waals surface area (Å²) in [5.41, 5.74) is 1.43. The van der Waals surface area contributed by atoms with E-state index in [0.717, 1.165) is 31.3 Å². The normalized spacial score (nSPS) is 18.4. The molecule has 2 aliphatic rings. The monoisotopic (exact) mass is 471 g/mol. The van der Waals surface area contributed by atoms with Crippen molar-refractivity contribution in [2.75, 3.05) is 31.1 Å². The lowest BCUT2D eigenvalue weighted by atomic mass is 10.00. The number of aromatic nitrogens is 3. The number of halogens is 2. The molecule has 0 amide bonds. The van der Waals surface area contributed by atoms with Crippen LogP contribution in [0.5, 0.6) is 0 Å². The van der Waals surface area contributed by atoms with Crippen molar-refractivity contribution in [3.05, 3.63) is 50.9 Å². The molecule has 0 aliphatic carbocycles. The van der Waals surface area contributed by atoms with E-state index in [1.807, 2.05) is 0 Å². The minimum Gasteiger partial charge on any atom is -0.341 e. The highest BCUT2D eigenvalue weighted by Crippen LogP contribution is 2.34. The van der Waals surface area contributed by atoms with Crippen LogP contribution in [0.3, 0.4) is 0 Å². The van der Waals surface area contributed by atoms with Crippen molar-refractivity contribution >= 4 is 40.2 Å². The van der Waals surface area contributed by atoms with Crippen molar-refractivity contribution < 1.29 is 0 Å². The fraction of sp³-hybridized carbons (Fsp3) is 0.458. The summed E-state index contributed by atoms with van der Waals surface area (Å²) >= 11 is 12.7. The number of pyridine rings is 1. The number of piperidine rings is 2. The van der Waals surface area contributed by atoms with Crippen molar-refractivity contribution in [2.24, 2.45) is 7.05 Å².